The lowest BCUT2D eigenvalue weighted by atomic mass is 9.78. The maximum Gasteiger partial charge on any atom is 0.00645 e. The van der Waals surface area contributed by atoms with Crippen molar-refractivity contribution in [2.24, 2.45) is 5.73 Å². The van der Waals surface area contributed by atoms with E-state index in [1.165, 1.54) is 16.7 Å². The van der Waals surface area contributed by atoms with Crippen LogP contribution in [0.5, 0.6) is 0 Å². The number of hydrogen-bond donors (Lipinski definition) is 1. The third kappa shape index (κ3) is 2.08. The topological polar surface area (TPSA) is 26.0 Å². The van der Waals surface area contributed by atoms with E-state index in [2.05, 4.69) is 42.5 Å². The van der Waals surface area contributed by atoms with E-state index in [1.54, 1.807) is 6.20 Å². The highest BCUT2D eigenvalue weighted by molar-refractivity contribution is 5.48. The minimum Gasteiger partial charge on any atom is -0.405 e. The molecule has 2 N–H and O–H groups in total. The van der Waals surface area contributed by atoms with Crippen molar-refractivity contribution in [2.75, 3.05) is 0 Å². The molecule has 82 valence electrons. The quantitative estimate of drug-likeness (QED) is 0.761. The minimum atomic E-state index is 0.581. The molecule has 0 fully saturated rings. The van der Waals surface area contributed by atoms with Gasteiger partial charge < -0.3 is 5.73 Å². The van der Waals surface area contributed by atoms with Crippen LogP contribution in [-0.4, -0.2) is 0 Å². The third-order valence-electron chi connectivity index (χ3n) is 3.03. The Balaban J connectivity index is 2.11. The molecule has 0 saturated carbocycles. The molecule has 0 spiro atoms. The second-order valence-electron chi connectivity index (χ2n) is 4.02. The molecule has 0 aliphatic heterocycles. The second kappa shape index (κ2) is 4.84. The molecule has 1 heteroatoms. The van der Waals surface area contributed by atoms with Crippen LogP contribution in [0.3, 0.4) is 0 Å². The van der Waals surface area contributed by atoms with Gasteiger partial charge in [0, 0.05) is 5.92 Å². The van der Waals surface area contributed by atoms with Crippen molar-refractivity contribution in [3.63, 3.8) is 0 Å². The lowest BCUT2D eigenvalue weighted by Crippen LogP contribution is -2.09. The molecule has 1 atom stereocenters. The van der Waals surface area contributed by atoms with Crippen LogP contribution >= 0.6 is 0 Å². The average Bonchev–Trinajstić information content (AvgIpc) is 2.27. The molecule has 1 aliphatic rings. The Kier molecular flexibility index (Phi) is 3.25. The van der Waals surface area contributed by atoms with Crippen LogP contribution in [0.1, 0.15) is 24.8 Å². The molecule has 0 radical (unpaired) electrons. The normalized spacial score (nSPS) is 20.7. The van der Waals surface area contributed by atoms with Crippen molar-refractivity contribution >= 4 is 0 Å². The zero-order valence-electron chi connectivity index (χ0n) is 9.56. The Hall–Kier alpha value is -1.76. The maximum absolute atomic E-state index is 5.42. The maximum atomic E-state index is 5.42. The van der Waals surface area contributed by atoms with Gasteiger partial charge in [0.15, 0.2) is 0 Å². The van der Waals surface area contributed by atoms with Gasteiger partial charge in [-0.25, -0.2) is 0 Å². The van der Waals surface area contributed by atoms with Gasteiger partial charge in [0.2, 0.25) is 0 Å². The molecule has 1 aliphatic carbocycles. The van der Waals surface area contributed by atoms with Gasteiger partial charge >= 0.3 is 0 Å². The number of rotatable bonds is 3. The summed E-state index contributed by atoms with van der Waals surface area (Å²) in [4.78, 5) is 0. The van der Waals surface area contributed by atoms with E-state index in [9.17, 15) is 0 Å². The molecule has 1 aromatic rings. The third-order valence-corrected chi connectivity index (χ3v) is 3.03. The van der Waals surface area contributed by atoms with E-state index in [0.717, 1.165) is 6.42 Å². The van der Waals surface area contributed by atoms with E-state index in [1.807, 2.05) is 13.0 Å². The summed E-state index contributed by atoms with van der Waals surface area (Å²) in [7, 11) is 0. The van der Waals surface area contributed by atoms with Crippen molar-refractivity contribution < 1.29 is 0 Å². The summed E-state index contributed by atoms with van der Waals surface area (Å²) >= 11 is 0. The van der Waals surface area contributed by atoms with Crippen molar-refractivity contribution in [3.05, 3.63) is 71.5 Å². The first-order chi connectivity index (χ1) is 7.85. The molecule has 1 unspecified atom stereocenters. The fraction of sp³-hybridized carbons (Fsp3) is 0.200. The first kappa shape index (κ1) is 10.7. The van der Waals surface area contributed by atoms with Gasteiger partial charge in [-0.2, -0.15) is 0 Å². The Morgan fingerprint density at radius 2 is 2.00 bits per heavy atom. The van der Waals surface area contributed by atoms with E-state index >= 15 is 0 Å². The van der Waals surface area contributed by atoms with Gasteiger partial charge in [-0.1, -0.05) is 42.5 Å². The fourth-order valence-electron chi connectivity index (χ4n) is 2.07. The first-order valence-electron chi connectivity index (χ1n) is 5.65. The summed E-state index contributed by atoms with van der Waals surface area (Å²) in [5.74, 6) is 0.581. The summed E-state index contributed by atoms with van der Waals surface area (Å²) in [5.41, 5.74) is 9.47. The Labute approximate surface area is 97.0 Å². The van der Waals surface area contributed by atoms with Crippen LogP contribution in [0.15, 0.2) is 65.9 Å². The van der Waals surface area contributed by atoms with E-state index in [0.29, 0.717) is 5.92 Å². The summed E-state index contributed by atoms with van der Waals surface area (Å²) < 4.78 is 0. The van der Waals surface area contributed by atoms with Crippen LogP contribution in [0.2, 0.25) is 0 Å². The highest BCUT2D eigenvalue weighted by Gasteiger charge is 2.21. The van der Waals surface area contributed by atoms with Crippen molar-refractivity contribution in [3.8, 4) is 0 Å². The predicted octanol–water partition coefficient (Wildman–Crippen LogP) is 3.52. The summed E-state index contributed by atoms with van der Waals surface area (Å²) in [6.07, 6.45) is 9.12. The lowest BCUT2D eigenvalue weighted by molar-refractivity contribution is 0.750. The zero-order chi connectivity index (χ0) is 11.4. The Morgan fingerprint density at radius 3 is 2.56 bits per heavy atom. The van der Waals surface area contributed by atoms with Crippen molar-refractivity contribution in [1.82, 2.24) is 0 Å². The fourth-order valence-corrected chi connectivity index (χ4v) is 2.07. The minimum absolute atomic E-state index is 0.581. The number of allylic oxidation sites excluding steroid dienone is 5. The molecule has 2 rings (SSSR count). The van der Waals surface area contributed by atoms with Crippen LogP contribution in [0.25, 0.3) is 0 Å². The van der Waals surface area contributed by atoms with Gasteiger partial charge in [0.1, 0.15) is 0 Å². The molecule has 0 amide bonds. The zero-order valence-corrected chi connectivity index (χ0v) is 9.56. The molecule has 0 saturated heterocycles. The summed E-state index contributed by atoms with van der Waals surface area (Å²) in [6, 6.07) is 10.6. The monoisotopic (exact) mass is 211 g/mol. The molecule has 1 nitrogen and oxygen atoms in total. The van der Waals surface area contributed by atoms with Crippen molar-refractivity contribution in [1.29, 1.82) is 0 Å². The van der Waals surface area contributed by atoms with Gasteiger partial charge in [0.25, 0.3) is 0 Å². The van der Waals surface area contributed by atoms with Gasteiger partial charge in [-0.3, -0.25) is 0 Å². The van der Waals surface area contributed by atoms with Gasteiger partial charge in [0.05, 0.1) is 0 Å². The molecule has 0 bridgehead atoms. The first-order valence-corrected chi connectivity index (χ1v) is 5.65. The average molecular weight is 211 g/mol. The molecule has 0 heterocycles. The van der Waals surface area contributed by atoms with Crippen molar-refractivity contribution in [2.45, 2.75) is 19.3 Å². The largest absolute Gasteiger partial charge is 0.405 e. The number of benzene rings is 1. The molecule has 0 aromatic heterocycles. The molecular formula is C15H17N. The van der Waals surface area contributed by atoms with Gasteiger partial charge in [-0.15, -0.1) is 0 Å². The second-order valence-corrected chi connectivity index (χ2v) is 4.02. The van der Waals surface area contributed by atoms with Crippen LogP contribution < -0.4 is 5.73 Å². The summed E-state index contributed by atoms with van der Waals surface area (Å²) in [5, 5.41) is 0. The molecule has 16 heavy (non-hydrogen) atoms. The van der Waals surface area contributed by atoms with Crippen LogP contribution in [0, 0.1) is 0 Å². The van der Waals surface area contributed by atoms with Gasteiger partial charge in [-0.05, 0) is 42.3 Å². The predicted molar refractivity (Wildman–Crippen MR) is 69.0 cm³/mol. The molecular weight excluding hydrogens is 194 g/mol. The number of nitrogens with two attached hydrogens (primary N) is 1. The Morgan fingerprint density at radius 1 is 1.31 bits per heavy atom. The van der Waals surface area contributed by atoms with Crippen LogP contribution in [0.4, 0.5) is 0 Å². The highest BCUT2D eigenvalue weighted by atomic mass is 14.5. The molecule has 1 aromatic carbocycles. The summed E-state index contributed by atoms with van der Waals surface area (Å²) in [6.45, 7) is 2.05. The van der Waals surface area contributed by atoms with E-state index < -0.39 is 0 Å². The smallest absolute Gasteiger partial charge is 0.00645 e. The van der Waals surface area contributed by atoms with E-state index in [4.69, 9.17) is 5.73 Å². The van der Waals surface area contributed by atoms with Crippen LogP contribution in [-0.2, 0) is 0 Å². The van der Waals surface area contributed by atoms with E-state index in [-0.39, 0.29) is 0 Å². The lowest BCUT2D eigenvalue weighted by Gasteiger charge is -2.26. The number of hydrogen-bond acceptors (Lipinski definition) is 1. The Bertz CT molecular complexity index is 438. The highest BCUT2D eigenvalue weighted by Crippen LogP contribution is 2.38. The standard InChI is InChI=1S/C15H17N/c1-2-12(8-9-16)14-10-15(11-14)13-6-4-3-5-7-13/h2-10,15H,11,16H2,1H3/b9-8-,12-2+. The SMILES string of the molecule is C/C=C(\C=C/N)C1=CC(c2ccccc2)C1.